The number of hydrogen-bond acceptors (Lipinski definition) is 2. The molecule has 2 atom stereocenters. The van der Waals surface area contributed by atoms with Gasteiger partial charge < -0.3 is 11.1 Å². The first kappa shape index (κ1) is 18.7. The smallest absolute Gasteiger partial charge is 0.348 e. The number of nitrogens with two attached hydrogens (primary N) is 1. The molecule has 0 aromatic heterocycles. The Bertz CT molecular complexity index is 434. The van der Waals surface area contributed by atoms with Crippen molar-refractivity contribution >= 4 is 18.3 Å². The summed E-state index contributed by atoms with van der Waals surface area (Å²) in [5.74, 6) is -0.310. The molecular formula is C13H18ClF3N2O. The van der Waals surface area contributed by atoms with E-state index in [1.165, 1.54) is 12.1 Å². The first-order valence-electron chi connectivity index (χ1n) is 5.98. The molecule has 3 N–H and O–H groups in total. The molecule has 0 aliphatic rings. The molecule has 1 amide bonds. The van der Waals surface area contributed by atoms with Gasteiger partial charge in [-0.3, -0.25) is 4.79 Å². The Labute approximate surface area is 122 Å². The molecule has 1 rings (SSSR count). The molecule has 3 nitrogen and oxygen atoms in total. The maximum absolute atomic E-state index is 12.4. The predicted octanol–water partition coefficient (Wildman–Crippen LogP) is 3.04. The van der Waals surface area contributed by atoms with Gasteiger partial charge in [-0.1, -0.05) is 19.1 Å². The Balaban J connectivity index is 0.00000361. The van der Waals surface area contributed by atoms with Crippen LogP contribution in [0.2, 0.25) is 0 Å². The van der Waals surface area contributed by atoms with E-state index in [-0.39, 0.29) is 24.4 Å². The van der Waals surface area contributed by atoms with Gasteiger partial charge in [-0.15, -0.1) is 12.4 Å². The van der Waals surface area contributed by atoms with Crippen LogP contribution in [0.15, 0.2) is 24.3 Å². The zero-order valence-electron chi connectivity index (χ0n) is 11.2. The summed E-state index contributed by atoms with van der Waals surface area (Å²) in [4.78, 5) is 11.6. The third-order valence-electron chi connectivity index (χ3n) is 2.87. The maximum atomic E-state index is 12.4. The first-order valence-corrected chi connectivity index (χ1v) is 5.98. The van der Waals surface area contributed by atoms with Crippen molar-refractivity contribution in [1.29, 1.82) is 0 Å². The summed E-state index contributed by atoms with van der Waals surface area (Å²) in [7, 11) is 0. The molecule has 0 saturated heterocycles. The number of amides is 1. The Morgan fingerprint density at radius 3 is 2.20 bits per heavy atom. The average Bonchev–Trinajstić information content (AvgIpc) is 2.36. The minimum Gasteiger partial charge on any atom is -0.348 e. The van der Waals surface area contributed by atoms with Crippen molar-refractivity contribution in [2.75, 3.05) is 0 Å². The molecule has 0 aliphatic carbocycles. The molecule has 0 radical (unpaired) electrons. The number of halogens is 4. The zero-order valence-corrected chi connectivity index (χ0v) is 12.0. The topological polar surface area (TPSA) is 55.1 Å². The van der Waals surface area contributed by atoms with Crippen LogP contribution in [0.25, 0.3) is 0 Å². The average molecular weight is 311 g/mol. The van der Waals surface area contributed by atoms with E-state index in [4.69, 9.17) is 5.73 Å². The number of nitrogens with one attached hydrogen (secondary N) is 1. The lowest BCUT2D eigenvalue weighted by Gasteiger charge is -2.17. The zero-order chi connectivity index (χ0) is 14.6. The van der Waals surface area contributed by atoms with E-state index in [9.17, 15) is 18.0 Å². The fourth-order valence-corrected chi connectivity index (χ4v) is 1.55. The number of alkyl halides is 3. The van der Waals surface area contributed by atoms with Crippen molar-refractivity contribution in [2.45, 2.75) is 38.5 Å². The van der Waals surface area contributed by atoms with Gasteiger partial charge in [0.25, 0.3) is 0 Å². The highest BCUT2D eigenvalue weighted by atomic mass is 35.5. The Hall–Kier alpha value is -1.27. The van der Waals surface area contributed by atoms with Crippen LogP contribution in [-0.2, 0) is 11.0 Å². The SMILES string of the molecule is CC[C@H](N)C(=O)NC(C)c1ccc(C(F)(F)F)cc1.Cl. The van der Waals surface area contributed by atoms with Gasteiger partial charge in [0.05, 0.1) is 17.6 Å². The van der Waals surface area contributed by atoms with E-state index in [0.717, 1.165) is 12.1 Å². The summed E-state index contributed by atoms with van der Waals surface area (Å²) < 4.78 is 37.2. The number of carbonyl (C=O) groups excluding carboxylic acids is 1. The van der Waals surface area contributed by atoms with Crippen LogP contribution in [0.1, 0.15) is 37.4 Å². The Morgan fingerprint density at radius 1 is 1.30 bits per heavy atom. The molecule has 1 aromatic rings. The van der Waals surface area contributed by atoms with Crippen molar-refractivity contribution in [3.05, 3.63) is 35.4 Å². The van der Waals surface area contributed by atoms with Gasteiger partial charge >= 0.3 is 6.18 Å². The number of rotatable bonds is 4. The fourth-order valence-electron chi connectivity index (χ4n) is 1.55. The van der Waals surface area contributed by atoms with Crippen molar-refractivity contribution in [3.63, 3.8) is 0 Å². The standard InChI is InChI=1S/C13H17F3N2O.ClH/c1-3-11(17)12(19)18-8(2)9-4-6-10(7-5-9)13(14,15)16;/h4-8,11H,3,17H2,1-2H3,(H,18,19);1H/t8?,11-;/m0./s1. The molecular weight excluding hydrogens is 293 g/mol. The molecule has 0 heterocycles. The van der Waals surface area contributed by atoms with Crippen molar-refractivity contribution in [3.8, 4) is 0 Å². The molecule has 20 heavy (non-hydrogen) atoms. The second-order valence-corrected chi connectivity index (χ2v) is 4.36. The van der Waals surface area contributed by atoms with Gasteiger partial charge in [0.2, 0.25) is 5.91 Å². The highest BCUT2D eigenvalue weighted by molar-refractivity contribution is 5.85. The van der Waals surface area contributed by atoms with Gasteiger partial charge in [-0.2, -0.15) is 13.2 Å². The van der Waals surface area contributed by atoms with Crippen LogP contribution in [0, 0.1) is 0 Å². The normalized spacial score (nSPS) is 14.1. The van der Waals surface area contributed by atoms with E-state index < -0.39 is 17.8 Å². The molecule has 0 fully saturated rings. The lowest BCUT2D eigenvalue weighted by Crippen LogP contribution is -2.41. The van der Waals surface area contributed by atoms with E-state index in [1.54, 1.807) is 13.8 Å². The quantitative estimate of drug-likeness (QED) is 0.898. The highest BCUT2D eigenvalue weighted by Gasteiger charge is 2.30. The molecule has 1 unspecified atom stereocenters. The molecule has 0 spiro atoms. The van der Waals surface area contributed by atoms with Crippen molar-refractivity contribution < 1.29 is 18.0 Å². The van der Waals surface area contributed by atoms with E-state index in [1.807, 2.05) is 0 Å². The molecule has 0 bridgehead atoms. The first-order chi connectivity index (χ1) is 8.75. The molecule has 7 heteroatoms. The molecule has 0 aliphatic heterocycles. The number of hydrogen-bond donors (Lipinski definition) is 2. The number of carbonyl (C=O) groups is 1. The minimum absolute atomic E-state index is 0. The van der Waals surface area contributed by atoms with E-state index >= 15 is 0 Å². The second-order valence-electron chi connectivity index (χ2n) is 4.36. The highest BCUT2D eigenvalue weighted by Crippen LogP contribution is 2.29. The molecule has 114 valence electrons. The largest absolute Gasteiger partial charge is 0.416 e. The third kappa shape index (κ3) is 5.02. The summed E-state index contributed by atoms with van der Waals surface area (Å²) >= 11 is 0. The summed E-state index contributed by atoms with van der Waals surface area (Å²) in [6.45, 7) is 3.48. The van der Waals surface area contributed by atoms with Gasteiger partial charge in [-0.25, -0.2) is 0 Å². The Kier molecular flexibility index (Phi) is 7.02. The summed E-state index contributed by atoms with van der Waals surface area (Å²) in [5, 5.41) is 2.66. The van der Waals surface area contributed by atoms with Crippen LogP contribution < -0.4 is 11.1 Å². The van der Waals surface area contributed by atoms with Gasteiger partial charge in [0, 0.05) is 0 Å². The second kappa shape index (κ2) is 7.50. The minimum atomic E-state index is -4.35. The maximum Gasteiger partial charge on any atom is 0.416 e. The third-order valence-corrected chi connectivity index (χ3v) is 2.87. The predicted molar refractivity (Wildman–Crippen MR) is 73.5 cm³/mol. The van der Waals surface area contributed by atoms with Crippen LogP contribution in [0.5, 0.6) is 0 Å². The van der Waals surface area contributed by atoms with Crippen LogP contribution >= 0.6 is 12.4 Å². The Morgan fingerprint density at radius 2 is 1.80 bits per heavy atom. The van der Waals surface area contributed by atoms with Crippen molar-refractivity contribution in [2.24, 2.45) is 5.73 Å². The summed E-state index contributed by atoms with van der Waals surface area (Å²) in [5.41, 5.74) is 5.46. The van der Waals surface area contributed by atoms with Crippen LogP contribution in [-0.4, -0.2) is 11.9 Å². The fraction of sp³-hybridized carbons (Fsp3) is 0.462. The van der Waals surface area contributed by atoms with E-state index in [0.29, 0.717) is 12.0 Å². The lowest BCUT2D eigenvalue weighted by molar-refractivity contribution is -0.137. The van der Waals surface area contributed by atoms with Crippen LogP contribution in [0.3, 0.4) is 0 Å². The van der Waals surface area contributed by atoms with Gasteiger partial charge in [-0.05, 0) is 31.0 Å². The summed E-state index contributed by atoms with van der Waals surface area (Å²) in [6, 6.07) is 3.72. The summed E-state index contributed by atoms with van der Waals surface area (Å²) in [6.07, 6.45) is -3.85. The van der Waals surface area contributed by atoms with Gasteiger partial charge in [0.15, 0.2) is 0 Å². The van der Waals surface area contributed by atoms with Gasteiger partial charge in [0.1, 0.15) is 0 Å². The molecule has 0 saturated carbocycles. The van der Waals surface area contributed by atoms with Crippen LogP contribution in [0.4, 0.5) is 13.2 Å². The van der Waals surface area contributed by atoms with Crippen molar-refractivity contribution in [1.82, 2.24) is 5.32 Å². The lowest BCUT2D eigenvalue weighted by atomic mass is 10.1. The monoisotopic (exact) mass is 310 g/mol. The number of benzene rings is 1. The molecule has 1 aromatic carbocycles. The van der Waals surface area contributed by atoms with E-state index in [2.05, 4.69) is 5.32 Å².